The van der Waals surface area contributed by atoms with Crippen LogP contribution in [0.25, 0.3) is 22.3 Å². The van der Waals surface area contributed by atoms with Gasteiger partial charge in [-0.15, -0.1) is 0 Å². The molecule has 0 spiro atoms. The van der Waals surface area contributed by atoms with E-state index in [1.54, 1.807) is 29.9 Å². The van der Waals surface area contributed by atoms with Gasteiger partial charge in [-0.25, -0.2) is 4.98 Å². The summed E-state index contributed by atoms with van der Waals surface area (Å²) in [6, 6.07) is 22.2. The Morgan fingerprint density at radius 3 is 2.53 bits per heavy atom. The molecule has 3 aromatic carbocycles. The number of ether oxygens (including phenoxy) is 2. The van der Waals surface area contributed by atoms with E-state index >= 15 is 0 Å². The van der Waals surface area contributed by atoms with Gasteiger partial charge >= 0.3 is 0 Å². The standard InChI is InChI=1S/C24H21ClN2O3/c1-29-19-12-10-17(11-13-19)23-26-22-9-3-2-8-21(22)24(28)27(23)14-5-15-30-20-7-4-6-18(25)16-20/h2-4,6-13,16H,5,14-15H2,1H3. The number of aromatic nitrogens is 2. The summed E-state index contributed by atoms with van der Waals surface area (Å²) in [7, 11) is 1.62. The maximum absolute atomic E-state index is 13.2. The largest absolute Gasteiger partial charge is 0.497 e. The van der Waals surface area contributed by atoms with Crippen molar-refractivity contribution in [3.05, 3.63) is 88.2 Å². The summed E-state index contributed by atoms with van der Waals surface area (Å²) in [6.45, 7) is 0.945. The molecule has 6 heteroatoms. The van der Waals surface area contributed by atoms with Gasteiger partial charge in [-0.3, -0.25) is 9.36 Å². The summed E-state index contributed by atoms with van der Waals surface area (Å²) in [4.78, 5) is 18.0. The molecule has 1 heterocycles. The second kappa shape index (κ2) is 9.01. The van der Waals surface area contributed by atoms with Crippen LogP contribution in [-0.2, 0) is 6.54 Å². The van der Waals surface area contributed by atoms with Crippen LogP contribution in [0, 0.1) is 0 Å². The first kappa shape index (κ1) is 20.0. The number of fused-ring (bicyclic) bond motifs is 1. The van der Waals surface area contributed by atoms with E-state index in [0.29, 0.717) is 47.1 Å². The maximum Gasteiger partial charge on any atom is 0.261 e. The zero-order valence-electron chi connectivity index (χ0n) is 16.5. The van der Waals surface area contributed by atoms with Crippen LogP contribution in [0.5, 0.6) is 11.5 Å². The molecule has 0 radical (unpaired) electrons. The third kappa shape index (κ3) is 4.31. The zero-order chi connectivity index (χ0) is 20.9. The minimum absolute atomic E-state index is 0.0610. The first-order valence-corrected chi connectivity index (χ1v) is 10.1. The van der Waals surface area contributed by atoms with Crippen LogP contribution in [0.3, 0.4) is 0 Å². The lowest BCUT2D eigenvalue weighted by Crippen LogP contribution is -2.24. The smallest absolute Gasteiger partial charge is 0.261 e. The number of benzene rings is 3. The number of hydrogen-bond donors (Lipinski definition) is 0. The molecule has 0 aliphatic heterocycles. The maximum atomic E-state index is 13.2. The molecular formula is C24H21ClN2O3. The van der Waals surface area contributed by atoms with Crippen molar-refractivity contribution in [2.75, 3.05) is 13.7 Å². The van der Waals surface area contributed by atoms with Crippen molar-refractivity contribution in [2.24, 2.45) is 0 Å². The molecule has 0 saturated heterocycles. The minimum Gasteiger partial charge on any atom is -0.497 e. The average Bonchev–Trinajstić information content (AvgIpc) is 2.78. The van der Waals surface area contributed by atoms with Crippen LogP contribution in [0.1, 0.15) is 6.42 Å². The quantitative estimate of drug-likeness (QED) is 0.386. The number of halogens is 1. The van der Waals surface area contributed by atoms with Gasteiger partial charge in [0.1, 0.15) is 17.3 Å². The van der Waals surface area contributed by atoms with Crippen LogP contribution in [0.15, 0.2) is 77.6 Å². The van der Waals surface area contributed by atoms with Crippen LogP contribution in [0.4, 0.5) is 0 Å². The topological polar surface area (TPSA) is 53.3 Å². The molecule has 0 amide bonds. The second-order valence-electron chi connectivity index (χ2n) is 6.80. The molecule has 30 heavy (non-hydrogen) atoms. The van der Waals surface area contributed by atoms with Crippen LogP contribution >= 0.6 is 11.6 Å². The zero-order valence-corrected chi connectivity index (χ0v) is 17.3. The third-order valence-electron chi connectivity index (χ3n) is 4.80. The van der Waals surface area contributed by atoms with E-state index in [9.17, 15) is 4.79 Å². The Labute approximate surface area is 179 Å². The Morgan fingerprint density at radius 1 is 0.967 bits per heavy atom. The second-order valence-corrected chi connectivity index (χ2v) is 7.23. The molecule has 0 atom stereocenters. The Kier molecular flexibility index (Phi) is 6.00. The predicted molar refractivity (Wildman–Crippen MR) is 120 cm³/mol. The van der Waals surface area contributed by atoms with E-state index < -0.39 is 0 Å². The molecule has 4 rings (SSSR count). The van der Waals surface area contributed by atoms with E-state index in [-0.39, 0.29) is 5.56 Å². The van der Waals surface area contributed by atoms with Gasteiger partial charge in [-0.05, 0) is 61.0 Å². The Morgan fingerprint density at radius 2 is 1.77 bits per heavy atom. The Bertz CT molecular complexity index is 1220. The van der Waals surface area contributed by atoms with Gasteiger partial charge in [0.15, 0.2) is 0 Å². The summed E-state index contributed by atoms with van der Waals surface area (Å²) >= 11 is 6.00. The van der Waals surface area contributed by atoms with Gasteiger partial charge in [-0.2, -0.15) is 0 Å². The van der Waals surface area contributed by atoms with E-state index in [2.05, 4.69) is 0 Å². The Balaban J connectivity index is 1.62. The van der Waals surface area contributed by atoms with E-state index in [0.717, 1.165) is 11.3 Å². The molecule has 0 N–H and O–H groups in total. The average molecular weight is 421 g/mol. The van der Waals surface area contributed by atoms with Crippen LogP contribution in [-0.4, -0.2) is 23.3 Å². The number of nitrogens with zero attached hydrogens (tertiary/aromatic N) is 2. The first-order chi connectivity index (χ1) is 14.7. The number of methoxy groups -OCH3 is 1. The van der Waals surface area contributed by atoms with Crippen molar-refractivity contribution in [2.45, 2.75) is 13.0 Å². The Hall–Kier alpha value is -3.31. The van der Waals surface area contributed by atoms with Crippen molar-refractivity contribution in [1.82, 2.24) is 9.55 Å². The number of rotatable bonds is 7. The van der Waals surface area contributed by atoms with Crippen molar-refractivity contribution >= 4 is 22.5 Å². The molecule has 0 saturated carbocycles. The van der Waals surface area contributed by atoms with Gasteiger partial charge < -0.3 is 9.47 Å². The summed E-state index contributed by atoms with van der Waals surface area (Å²) in [5.74, 6) is 2.09. The highest BCUT2D eigenvalue weighted by Gasteiger charge is 2.13. The van der Waals surface area contributed by atoms with Crippen molar-refractivity contribution < 1.29 is 9.47 Å². The fraction of sp³-hybridized carbons (Fsp3) is 0.167. The minimum atomic E-state index is -0.0610. The molecule has 1 aromatic heterocycles. The van der Waals surface area contributed by atoms with Crippen molar-refractivity contribution in [1.29, 1.82) is 0 Å². The highest BCUT2D eigenvalue weighted by molar-refractivity contribution is 6.30. The van der Waals surface area contributed by atoms with Gasteiger partial charge in [0.25, 0.3) is 5.56 Å². The van der Waals surface area contributed by atoms with Crippen LogP contribution < -0.4 is 15.0 Å². The van der Waals surface area contributed by atoms with Gasteiger partial charge in [-0.1, -0.05) is 29.8 Å². The molecule has 5 nitrogen and oxygen atoms in total. The lowest BCUT2D eigenvalue weighted by atomic mass is 10.1. The lowest BCUT2D eigenvalue weighted by Gasteiger charge is -2.14. The summed E-state index contributed by atoms with van der Waals surface area (Å²) < 4.78 is 12.7. The summed E-state index contributed by atoms with van der Waals surface area (Å²) in [5.41, 5.74) is 1.48. The number of hydrogen-bond acceptors (Lipinski definition) is 4. The highest BCUT2D eigenvalue weighted by atomic mass is 35.5. The molecule has 0 aliphatic rings. The summed E-state index contributed by atoms with van der Waals surface area (Å²) in [5, 5.41) is 1.23. The molecule has 0 unspecified atom stereocenters. The van der Waals surface area contributed by atoms with E-state index in [4.69, 9.17) is 26.1 Å². The normalized spacial score (nSPS) is 10.9. The predicted octanol–water partition coefficient (Wildman–Crippen LogP) is 5.19. The highest BCUT2D eigenvalue weighted by Crippen LogP contribution is 2.22. The van der Waals surface area contributed by atoms with Crippen LogP contribution in [0.2, 0.25) is 5.02 Å². The molecule has 152 valence electrons. The van der Waals surface area contributed by atoms with Gasteiger partial charge in [0.2, 0.25) is 0 Å². The summed E-state index contributed by atoms with van der Waals surface area (Å²) in [6.07, 6.45) is 0.648. The molecule has 4 aromatic rings. The molecule has 0 fully saturated rings. The number of para-hydroxylation sites is 1. The van der Waals surface area contributed by atoms with Gasteiger partial charge in [0, 0.05) is 17.1 Å². The third-order valence-corrected chi connectivity index (χ3v) is 5.04. The van der Waals surface area contributed by atoms with E-state index in [1.807, 2.05) is 54.6 Å². The van der Waals surface area contributed by atoms with Crippen molar-refractivity contribution in [3.8, 4) is 22.9 Å². The van der Waals surface area contributed by atoms with E-state index in [1.165, 1.54) is 0 Å². The fourth-order valence-corrected chi connectivity index (χ4v) is 3.49. The molecule has 0 bridgehead atoms. The fourth-order valence-electron chi connectivity index (χ4n) is 3.31. The monoisotopic (exact) mass is 420 g/mol. The van der Waals surface area contributed by atoms with Crippen molar-refractivity contribution in [3.63, 3.8) is 0 Å². The molecular weight excluding hydrogens is 400 g/mol. The molecule has 0 aliphatic carbocycles. The SMILES string of the molecule is COc1ccc(-c2nc3ccccc3c(=O)n2CCCOc2cccc(Cl)c2)cc1. The lowest BCUT2D eigenvalue weighted by molar-refractivity contribution is 0.301. The van der Waals surface area contributed by atoms with Gasteiger partial charge in [0.05, 0.1) is 24.6 Å². The first-order valence-electron chi connectivity index (χ1n) is 9.68.